The monoisotopic (exact) mass is 347 g/mol. The van der Waals surface area contributed by atoms with Crippen LogP contribution < -0.4 is 16.1 Å². The number of hydrogen-bond acceptors (Lipinski definition) is 6. The van der Waals surface area contributed by atoms with Gasteiger partial charge in [0.25, 0.3) is 0 Å². The number of carbonyl (C=O) groups is 1. The van der Waals surface area contributed by atoms with Crippen LogP contribution in [0.2, 0.25) is 0 Å². The summed E-state index contributed by atoms with van der Waals surface area (Å²) in [5.41, 5.74) is 6.73. The smallest absolute Gasteiger partial charge is 0.411 e. The van der Waals surface area contributed by atoms with Crippen LogP contribution in [0, 0.1) is 10.7 Å². The zero-order valence-corrected chi connectivity index (χ0v) is 13.8. The number of nitrogen functional groups attached to an aromatic ring is 1. The second-order valence-electron chi connectivity index (χ2n) is 5.45. The molecule has 0 saturated heterocycles. The minimum atomic E-state index is -0.659. The molecular weight excluding hydrogens is 329 g/mol. The molecule has 9 heteroatoms. The summed E-state index contributed by atoms with van der Waals surface area (Å²) in [5.74, 6) is -0.175. The molecule has 0 radical (unpaired) electrons. The molecule has 0 saturated carbocycles. The van der Waals surface area contributed by atoms with Gasteiger partial charge in [0.15, 0.2) is 5.82 Å². The number of amides is 1. The minimum absolute atomic E-state index is 0.00552. The van der Waals surface area contributed by atoms with Crippen LogP contribution in [0.3, 0.4) is 0 Å². The fourth-order valence-electron chi connectivity index (χ4n) is 1.98. The van der Waals surface area contributed by atoms with Crippen molar-refractivity contribution in [1.82, 2.24) is 4.98 Å². The van der Waals surface area contributed by atoms with Crippen molar-refractivity contribution >= 4 is 23.4 Å². The first-order valence-corrected chi connectivity index (χ1v) is 7.48. The lowest BCUT2D eigenvalue weighted by molar-refractivity contribution is 0.130. The molecule has 25 heavy (non-hydrogen) atoms. The summed E-state index contributed by atoms with van der Waals surface area (Å²) in [5, 5.41) is 6.44. The number of ether oxygens (including phenoxy) is 1. The summed E-state index contributed by atoms with van der Waals surface area (Å²) in [6.07, 6.45) is -0.938. The number of nitrogens with zero attached hydrogens (tertiary/aromatic N) is 3. The molecule has 1 aromatic heterocycles. The van der Waals surface area contributed by atoms with Gasteiger partial charge in [-0.25, -0.2) is 19.2 Å². The summed E-state index contributed by atoms with van der Waals surface area (Å²) < 4.78 is 17.9. The van der Waals surface area contributed by atoms with Gasteiger partial charge in [0.1, 0.15) is 11.6 Å². The van der Waals surface area contributed by atoms with Gasteiger partial charge in [-0.1, -0.05) is 12.1 Å². The number of pyridine rings is 1. The number of anilines is 3. The maximum absolute atomic E-state index is 12.9. The molecule has 2 aromatic rings. The summed E-state index contributed by atoms with van der Waals surface area (Å²) in [6.45, 7) is 3.53. The second kappa shape index (κ2) is 8.04. The molecule has 2 rings (SSSR count). The Kier molecular flexibility index (Phi) is 5.83. The van der Waals surface area contributed by atoms with E-state index >= 15 is 0 Å². The topological polar surface area (TPSA) is 110 Å². The SMILES string of the molecule is CC(C)OC(=O)Nc1ccc(N(Cc2ccc(F)cc2)N=O)nc1N. The molecule has 0 unspecified atom stereocenters. The van der Waals surface area contributed by atoms with Crippen molar-refractivity contribution in [3.05, 3.63) is 52.7 Å². The van der Waals surface area contributed by atoms with E-state index in [2.05, 4.69) is 15.6 Å². The number of rotatable bonds is 6. The van der Waals surface area contributed by atoms with Gasteiger partial charge >= 0.3 is 6.09 Å². The molecule has 1 amide bonds. The van der Waals surface area contributed by atoms with Crippen molar-refractivity contribution in [2.24, 2.45) is 5.29 Å². The Morgan fingerprint density at radius 3 is 2.56 bits per heavy atom. The molecule has 1 heterocycles. The van der Waals surface area contributed by atoms with Crippen LogP contribution in [-0.2, 0) is 11.3 Å². The van der Waals surface area contributed by atoms with Crippen LogP contribution in [0.4, 0.5) is 26.5 Å². The fraction of sp³-hybridized carbons (Fsp3) is 0.250. The second-order valence-corrected chi connectivity index (χ2v) is 5.45. The van der Waals surface area contributed by atoms with Crippen molar-refractivity contribution in [2.45, 2.75) is 26.5 Å². The lowest BCUT2D eigenvalue weighted by Crippen LogP contribution is -2.20. The van der Waals surface area contributed by atoms with E-state index in [0.29, 0.717) is 5.56 Å². The van der Waals surface area contributed by atoms with Gasteiger partial charge < -0.3 is 10.5 Å². The maximum Gasteiger partial charge on any atom is 0.411 e. The average molecular weight is 347 g/mol. The van der Waals surface area contributed by atoms with Crippen molar-refractivity contribution < 1.29 is 13.9 Å². The summed E-state index contributed by atoms with van der Waals surface area (Å²) in [6, 6.07) is 8.61. The highest BCUT2D eigenvalue weighted by atomic mass is 19.1. The van der Waals surface area contributed by atoms with Gasteiger partial charge in [-0.15, -0.1) is 4.91 Å². The summed E-state index contributed by atoms with van der Waals surface area (Å²) in [4.78, 5) is 26.8. The van der Waals surface area contributed by atoms with E-state index in [-0.39, 0.29) is 35.8 Å². The number of halogens is 1. The summed E-state index contributed by atoms with van der Waals surface area (Å²) in [7, 11) is 0. The average Bonchev–Trinajstić information content (AvgIpc) is 2.55. The van der Waals surface area contributed by atoms with Crippen LogP contribution >= 0.6 is 0 Å². The summed E-state index contributed by atoms with van der Waals surface area (Å²) >= 11 is 0. The minimum Gasteiger partial charge on any atom is -0.447 e. The predicted octanol–water partition coefficient (Wildman–Crippen LogP) is 3.45. The Morgan fingerprint density at radius 2 is 2.00 bits per heavy atom. The lowest BCUT2D eigenvalue weighted by atomic mass is 10.2. The molecular formula is C16H18FN5O3. The number of carbonyl (C=O) groups excluding carboxylic acids is 1. The van der Waals surface area contributed by atoms with Gasteiger partial charge in [-0.2, -0.15) is 0 Å². The molecule has 0 spiro atoms. The Bertz CT molecular complexity index is 752. The van der Waals surface area contributed by atoms with Crippen LogP contribution in [0.5, 0.6) is 0 Å². The van der Waals surface area contributed by atoms with Crippen LogP contribution in [0.15, 0.2) is 41.7 Å². The number of aromatic nitrogens is 1. The van der Waals surface area contributed by atoms with Crippen molar-refractivity contribution in [3.63, 3.8) is 0 Å². The third kappa shape index (κ3) is 5.13. The van der Waals surface area contributed by atoms with E-state index in [9.17, 15) is 14.1 Å². The lowest BCUT2D eigenvalue weighted by Gasteiger charge is -2.16. The highest BCUT2D eigenvalue weighted by molar-refractivity contribution is 5.88. The van der Waals surface area contributed by atoms with E-state index in [1.165, 1.54) is 36.4 Å². The fourth-order valence-corrected chi connectivity index (χ4v) is 1.98. The van der Waals surface area contributed by atoms with Gasteiger partial charge in [-0.3, -0.25) is 5.32 Å². The molecule has 0 aliphatic rings. The zero-order chi connectivity index (χ0) is 18.4. The molecule has 0 atom stereocenters. The first-order chi connectivity index (χ1) is 11.9. The molecule has 1 aromatic carbocycles. The number of nitroso groups, excluding NO2 is 1. The number of nitrogens with one attached hydrogen (secondary N) is 1. The van der Waals surface area contributed by atoms with Crippen molar-refractivity contribution in [3.8, 4) is 0 Å². The standard InChI is InChI=1S/C16H18FN5O3/c1-10(2)25-16(23)19-13-7-8-14(20-15(13)18)22(21-24)9-11-3-5-12(17)6-4-11/h3-8,10H,9H2,1-2H3,(H2,18,20)(H,19,23). The molecule has 0 fully saturated rings. The van der Waals surface area contributed by atoms with Crippen molar-refractivity contribution in [1.29, 1.82) is 0 Å². The van der Waals surface area contributed by atoms with E-state index in [1.54, 1.807) is 13.8 Å². The molecule has 0 aliphatic carbocycles. The molecule has 0 aliphatic heterocycles. The van der Waals surface area contributed by atoms with Gasteiger partial charge in [0.2, 0.25) is 0 Å². The largest absolute Gasteiger partial charge is 0.447 e. The van der Waals surface area contributed by atoms with Crippen LogP contribution in [0.1, 0.15) is 19.4 Å². The molecule has 8 nitrogen and oxygen atoms in total. The van der Waals surface area contributed by atoms with E-state index < -0.39 is 6.09 Å². The van der Waals surface area contributed by atoms with Crippen LogP contribution in [0.25, 0.3) is 0 Å². The normalized spacial score (nSPS) is 10.4. The highest BCUT2D eigenvalue weighted by Crippen LogP contribution is 2.23. The number of nitrogens with two attached hydrogens (primary N) is 1. The Balaban J connectivity index is 2.12. The Labute approximate surface area is 143 Å². The third-order valence-electron chi connectivity index (χ3n) is 3.10. The van der Waals surface area contributed by atoms with Gasteiger partial charge in [0.05, 0.1) is 23.6 Å². The van der Waals surface area contributed by atoms with Gasteiger partial charge in [-0.05, 0) is 43.7 Å². The third-order valence-corrected chi connectivity index (χ3v) is 3.10. The number of hydrogen-bond donors (Lipinski definition) is 2. The van der Waals surface area contributed by atoms with E-state index in [1.807, 2.05) is 0 Å². The Hall–Kier alpha value is -3.23. The first-order valence-electron chi connectivity index (χ1n) is 7.48. The van der Waals surface area contributed by atoms with E-state index in [0.717, 1.165) is 5.01 Å². The maximum atomic E-state index is 12.9. The molecule has 132 valence electrons. The van der Waals surface area contributed by atoms with Gasteiger partial charge in [0, 0.05) is 0 Å². The highest BCUT2D eigenvalue weighted by Gasteiger charge is 2.14. The molecule has 3 N–H and O–H groups in total. The zero-order valence-electron chi connectivity index (χ0n) is 13.8. The van der Waals surface area contributed by atoms with Crippen molar-refractivity contribution in [2.75, 3.05) is 16.1 Å². The Morgan fingerprint density at radius 1 is 1.32 bits per heavy atom. The predicted molar refractivity (Wildman–Crippen MR) is 92.3 cm³/mol. The quantitative estimate of drug-likeness (QED) is 0.612. The van der Waals surface area contributed by atoms with Crippen LogP contribution in [-0.4, -0.2) is 17.2 Å². The van der Waals surface area contributed by atoms with E-state index in [4.69, 9.17) is 10.5 Å². The number of benzene rings is 1. The first kappa shape index (κ1) is 18.1. The molecule has 0 bridgehead atoms.